The molecule has 0 fully saturated rings. The molecule has 5 heteroatoms. The van der Waals surface area contributed by atoms with Crippen molar-refractivity contribution in [3.63, 3.8) is 0 Å². The van der Waals surface area contributed by atoms with E-state index >= 15 is 0 Å². The molecule has 0 aromatic heterocycles. The summed E-state index contributed by atoms with van der Waals surface area (Å²) >= 11 is 1.56. The average molecular weight is 267 g/mol. The molecule has 18 heavy (non-hydrogen) atoms. The molecular weight excluding hydrogens is 250 g/mol. The quantitative estimate of drug-likeness (QED) is 0.837. The first-order valence-corrected chi connectivity index (χ1v) is 7.07. The Kier molecular flexibility index (Phi) is 4.01. The van der Waals surface area contributed by atoms with Crippen molar-refractivity contribution in [2.75, 3.05) is 20.1 Å². The molecule has 0 N–H and O–H groups in total. The van der Waals surface area contributed by atoms with Crippen LogP contribution >= 0.6 is 11.8 Å². The van der Waals surface area contributed by atoms with Crippen molar-refractivity contribution in [2.24, 2.45) is 0 Å². The number of fused-ring (bicyclic) bond motifs is 1. The fraction of sp³-hybridized carbons (Fsp3) is 0.462. The minimum Gasteiger partial charge on any atom is -0.454 e. The molecule has 1 aliphatic rings. The maximum absolute atomic E-state index is 12.0. The summed E-state index contributed by atoms with van der Waals surface area (Å²) in [6.07, 6.45) is 1.94. The van der Waals surface area contributed by atoms with Gasteiger partial charge in [-0.05, 0) is 30.9 Å². The zero-order valence-corrected chi connectivity index (χ0v) is 11.6. The lowest BCUT2D eigenvalue weighted by atomic mass is 10.2. The molecule has 0 spiro atoms. The van der Waals surface area contributed by atoms with Crippen molar-refractivity contribution in [3.8, 4) is 11.5 Å². The molecule has 4 nitrogen and oxygen atoms in total. The second kappa shape index (κ2) is 5.52. The highest BCUT2D eigenvalue weighted by Crippen LogP contribution is 2.32. The van der Waals surface area contributed by atoms with E-state index in [0.717, 1.165) is 17.1 Å². The van der Waals surface area contributed by atoms with Crippen molar-refractivity contribution in [2.45, 2.75) is 18.7 Å². The van der Waals surface area contributed by atoms with Gasteiger partial charge >= 0.3 is 0 Å². The van der Waals surface area contributed by atoms with Crippen LogP contribution in [-0.2, 0) is 11.3 Å². The first-order chi connectivity index (χ1) is 8.61. The highest BCUT2D eigenvalue weighted by atomic mass is 32.2. The second-order valence-corrected chi connectivity index (χ2v) is 5.44. The Morgan fingerprint density at radius 3 is 2.89 bits per heavy atom. The van der Waals surface area contributed by atoms with Crippen molar-refractivity contribution < 1.29 is 14.3 Å². The fourth-order valence-electron chi connectivity index (χ4n) is 1.80. The van der Waals surface area contributed by atoms with Gasteiger partial charge in [0, 0.05) is 13.6 Å². The molecular formula is C13H17NO3S. The predicted molar refractivity (Wildman–Crippen MR) is 72.0 cm³/mol. The largest absolute Gasteiger partial charge is 0.454 e. The summed E-state index contributed by atoms with van der Waals surface area (Å²) in [5.74, 6) is 1.66. The molecule has 2 rings (SSSR count). The van der Waals surface area contributed by atoms with Crippen molar-refractivity contribution in [3.05, 3.63) is 23.8 Å². The predicted octanol–water partition coefficient (Wildman–Crippen LogP) is 2.13. The summed E-state index contributed by atoms with van der Waals surface area (Å²) < 4.78 is 10.6. The molecule has 1 aromatic carbocycles. The number of benzene rings is 1. The molecule has 0 saturated heterocycles. The molecule has 1 amide bonds. The third-order valence-electron chi connectivity index (χ3n) is 2.93. The molecule has 0 bridgehead atoms. The van der Waals surface area contributed by atoms with E-state index < -0.39 is 0 Å². The van der Waals surface area contributed by atoms with E-state index in [1.807, 2.05) is 38.4 Å². The van der Waals surface area contributed by atoms with Gasteiger partial charge in [-0.1, -0.05) is 6.07 Å². The van der Waals surface area contributed by atoms with Gasteiger partial charge in [0.1, 0.15) is 0 Å². The van der Waals surface area contributed by atoms with Crippen LogP contribution in [0.5, 0.6) is 11.5 Å². The zero-order chi connectivity index (χ0) is 13.1. The maximum Gasteiger partial charge on any atom is 0.235 e. The Balaban J connectivity index is 2.03. The first kappa shape index (κ1) is 13.1. The SMILES string of the molecule is CSC(C)C(=O)N(C)Cc1ccc2c(c1)OCO2. The highest BCUT2D eigenvalue weighted by Gasteiger charge is 2.18. The number of rotatable bonds is 4. The Morgan fingerprint density at radius 1 is 1.44 bits per heavy atom. The third kappa shape index (κ3) is 2.72. The number of carbonyl (C=O) groups is 1. The first-order valence-electron chi connectivity index (χ1n) is 5.78. The van der Waals surface area contributed by atoms with Crippen LogP contribution in [0, 0.1) is 0 Å². The Hall–Kier alpha value is -1.36. The fourth-order valence-corrected chi connectivity index (χ4v) is 2.18. The van der Waals surface area contributed by atoms with E-state index in [9.17, 15) is 4.79 Å². The molecule has 98 valence electrons. The average Bonchev–Trinajstić information content (AvgIpc) is 2.84. The third-order valence-corrected chi connectivity index (χ3v) is 3.84. The molecule has 1 heterocycles. The number of ether oxygens (including phenoxy) is 2. The van der Waals surface area contributed by atoms with Gasteiger partial charge in [0.05, 0.1) is 5.25 Å². The van der Waals surface area contributed by atoms with E-state index in [-0.39, 0.29) is 18.0 Å². The van der Waals surface area contributed by atoms with Crippen LogP contribution in [-0.4, -0.2) is 36.2 Å². The smallest absolute Gasteiger partial charge is 0.235 e. The van der Waals surface area contributed by atoms with Crippen LogP contribution in [0.1, 0.15) is 12.5 Å². The van der Waals surface area contributed by atoms with Crippen molar-refractivity contribution in [1.82, 2.24) is 4.90 Å². The molecule has 1 atom stereocenters. The second-order valence-electron chi connectivity index (χ2n) is 4.26. The van der Waals surface area contributed by atoms with Crippen LogP contribution in [0.25, 0.3) is 0 Å². The van der Waals surface area contributed by atoms with Crippen molar-refractivity contribution >= 4 is 17.7 Å². The maximum atomic E-state index is 12.0. The topological polar surface area (TPSA) is 38.8 Å². The van der Waals surface area contributed by atoms with Gasteiger partial charge in [0.15, 0.2) is 11.5 Å². The lowest BCUT2D eigenvalue weighted by Gasteiger charge is -2.20. The number of carbonyl (C=O) groups excluding carboxylic acids is 1. The van der Waals surface area contributed by atoms with Crippen molar-refractivity contribution in [1.29, 1.82) is 0 Å². The highest BCUT2D eigenvalue weighted by molar-refractivity contribution is 7.99. The summed E-state index contributed by atoms with van der Waals surface area (Å²) in [4.78, 5) is 13.7. The Bertz CT molecular complexity index is 450. The number of hydrogen-bond donors (Lipinski definition) is 0. The van der Waals surface area contributed by atoms with E-state index in [1.54, 1.807) is 16.7 Å². The van der Waals surface area contributed by atoms with Crippen LogP contribution in [0.3, 0.4) is 0 Å². The van der Waals surface area contributed by atoms with Gasteiger partial charge < -0.3 is 14.4 Å². The summed E-state index contributed by atoms with van der Waals surface area (Å²) in [7, 11) is 1.82. The summed E-state index contributed by atoms with van der Waals surface area (Å²) in [5.41, 5.74) is 1.04. The molecule has 0 aliphatic carbocycles. The number of nitrogens with zero attached hydrogens (tertiary/aromatic N) is 1. The Labute approximate surface area is 111 Å². The van der Waals surface area contributed by atoms with E-state index in [0.29, 0.717) is 6.54 Å². The van der Waals surface area contributed by atoms with Crippen LogP contribution in [0.15, 0.2) is 18.2 Å². The van der Waals surface area contributed by atoms with Gasteiger partial charge in [-0.15, -0.1) is 0 Å². The standard InChI is InChI=1S/C13H17NO3S/c1-9(18-3)13(15)14(2)7-10-4-5-11-12(6-10)17-8-16-11/h4-6,9H,7-8H2,1-3H3. The van der Waals surface area contributed by atoms with E-state index in [1.165, 1.54) is 0 Å². The van der Waals surface area contributed by atoms with Gasteiger partial charge in [-0.2, -0.15) is 11.8 Å². The number of amides is 1. The molecule has 1 aromatic rings. The molecule has 1 unspecified atom stereocenters. The monoisotopic (exact) mass is 267 g/mol. The number of hydrogen-bond acceptors (Lipinski definition) is 4. The zero-order valence-electron chi connectivity index (χ0n) is 10.8. The summed E-state index contributed by atoms with van der Waals surface area (Å²) in [6.45, 7) is 2.78. The van der Waals surface area contributed by atoms with Crippen LogP contribution < -0.4 is 9.47 Å². The van der Waals surface area contributed by atoms with Crippen LogP contribution in [0.4, 0.5) is 0 Å². The van der Waals surface area contributed by atoms with Gasteiger partial charge in [-0.3, -0.25) is 4.79 Å². The van der Waals surface area contributed by atoms with E-state index in [4.69, 9.17) is 9.47 Å². The van der Waals surface area contributed by atoms with Gasteiger partial charge in [0.25, 0.3) is 0 Å². The minimum atomic E-state index is -0.0102. The summed E-state index contributed by atoms with van der Waals surface area (Å²) in [5, 5.41) is -0.0102. The van der Waals surface area contributed by atoms with Crippen LogP contribution in [0.2, 0.25) is 0 Å². The molecule has 0 saturated carbocycles. The molecule has 1 aliphatic heterocycles. The lowest BCUT2D eigenvalue weighted by molar-refractivity contribution is -0.129. The normalized spacial score (nSPS) is 14.4. The number of thioether (sulfide) groups is 1. The van der Waals surface area contributed by atoms with E-state index in [2.05, 4.69) is 0 Å². The van der Waals surface area contributed by atoms with Gasteiger partial charge in [0.2, 0.25) is 12.7 Å². The molecule has 0 radical (unpaired) electrons. The minimum absolute atomic E-state index is 0.0102. The summed E-state index contributed by atoms with van der Waals surface area (Å²) in [6, 6.07) is 5.77. The van der Waals surface area contributed by atoms with Gasteiger partial charge in [-0.25, -0.2) is 0 Å². The lowest BCUT2D eigenvalue weighted by Crippen LogP contribution is -2.32. The Morgan fingerprint density at radius 2 is 2.17 bits per heavy atom.